The highest BCUT2D eigenvalue weighted by Gasteiger charge is 2.35. The summed E-state index contributed by atoms with van der Waals surface area (Å²) in [4.78, 5) is 58.1. The predicted molar refractivity (Wildman–Crippen MR) is 180 cm³/mol. The van der Waals surface area contributed by atoms with Gasteiger partial charge in [0.25, 0.3) is 11.5 Å². The first kappa shape index (κ1) is 33.9. The summed E-state index contributed by atoms with van der Waals surface area (Å²) in [5.41, 5.74) is 1.23. The number of piperazine rings is 1. The third-order valence-corrected chi connectivity index (χ3v) is 9.35. The first-order valence-electron chi connectivity index (χ1n) is 16.7. The predicted octanol–water partition coefficient (Wildman–Crippen LogP) is 4.76. The first-order chi connectivity index (χ1) is 22.7. The van der Waals surface area contributed by atoms with Crippen molar-refractivity contribution in [3.05, 3.63) is 94.4 Å². The zero-order valence-electron chi connectivity index (χ0n) is 27.5. The average molecular weight is 643 g/mol. The van der Waals surface area contributed by atoms with Crippen molar-refractivity contribution in [2.24, 2.45) is 0 Å². The maximum absolute atomic E-state index is 14.0. The Morgan fingerprint density at radius 1 is 0.872 bits per heavy atom. The smallest absolute Gasteiger partial charge is 0.409 e. The molecule has 2 aliphatic rings. The third kappa shape index (κ3) is 8.48. The van der Waals surface area contributed by atoms with Crippen molar-refractivity contribution in [1.82, 2.24) is 19.3 Å². The number of hydrogen-bond donors (Lipinski definition) is 1. The zero-order valence-corrected chi connectivity index (χ0v) is 27.5. The van der Waals surface area contributed by atoms with E-state index in [1.165, 1.54) is 10.6 Å². The molecule has 0 spiro atoms. The summed E-state index contributed by atoms with van der Waals surface area (Å²) in [6.45, 7) is 6.65. The van der Waals surface area contributed by atoms with E-state index in [0.29, 0.717) is 76.3 Å². The fourth-order valence-electron chi connectivity index (χ4n) is 6.32. The highest BCUT2D eigenvalue weighted by atomic mass is 16.6. The van der Waals surface area contributed by atoms with Crippen LogP contribution in [0.2, 0.25) is 0 Å². The molecule has 0 radical (unpaired) electrons. The van der Waals surface area contributed by atoms with Crippen molar-refractivity contribution in [3.63, 3.8) is 0 Å². The van der Waals surface area contributed by atoms with E-state index < -0.39 is 5.60 Å². The van der Waals surface area contributed by atoms with Crippen LogP contribution in [0.1, 0.15) is 67.8 Å². The van der Waals surface area contributed by atoms with Gasteiger partial charge in [0.2, 0.25) is 5.91 Å². The Morgan fingerprint density at radius 2 is 1.49 bits per heavy atom. The molecule has 250 valence electrons. The molecule has 0 saturated carbocycles. The van der Waals surface area contributed by atoms with Crippen LogP contribution in [-0.4, -0.2) is 93.8 Å². The van der Waals surface area contributed by atoms with Crippen molar-refractivity contribution in [2.75, 3.05) is 45.9 Å². The Bertz CT molecular complexity index is 1580. The number of aliphatic hydroxyl groups is 1. The van der Waals surface area contributed by atoms with Gasteiger partial charge >= 0.3 is 6.09 Å². The molecule has 1 unspecified atom stereocenters. The van der Waals surface area contributed by atoms with E-state index in [4.69, 9.17) is 4.74 Å². The Morgan fingerprint density at radius 3 is 2.13 bits per heavy atom. The van der Waals surface area contributed by atoms with Crippen LogP contribution in [0.15, 0.2) is 77.7 Å². The second-order valence-corrected chi connectivity index (χ2v) is 12.8. The maximum Gasteiger partial charge on any atom is 0.409 e. The lowest BCUT2D eigenvalue weighted by Gasteiger charge is -2.39. The second kappa shape index (κ2) is 15.4. The number of amides is 3. The van der Waals surface area contributed by atoms with Gasteiger partial charge in [-0.05, 0) is 36.3 Å². The molecule has 1 aromatic heterocycles. The molecule has 0 bridgehead atoms. The number of carbonyl (C=O) groups excluding carboxylic acids is 3. The van der Waals surface area contributed by atoms with Gasteiger partial charge in [0.1, 0.15) is 0 Å². The van der Waals surface area contributed by atoms with E-state index in [-0.39, 0.29) is 35.9 Å². The number of nitrogens with zero attached hydrogens (tertiary/aromatic N) is 4. The van der Waals surface area contributed by atoms with Gasteiger partial charge in [-0.25, -0.2) is 4.79 Å². The summed E-state index contributed by atoms with van der Waals surface area (Å²) in [7, 11) is 0. The van der Waals surface area contributed by atoms with Gasteiger partial charge in [-0.3, -0.25) is 14.4 Å². The molecule has 2 saturated heterocycles. The highest BCUT2D eigenvalue weighted by Crippen LogP contribution is 2.28. The summed E-state index contributed by atoms with van der Waals surface area (Å²) in [5.74, 6) is -0.101. The average Bonchev–Trinajstić information content (AvgIpc) is 3.09. The van der Waals surface area contributed by atoms with Crippen LogP contribution in [0.25, 0.3) is 11.1 Å². The minimum atomic E-state index is -1.20. The van der Waals surface area contributed by atoms with Crippen molar-refractivity contribution >= 4 is 17.9 Å². The normalized spacial score (nSPS) is 16.9. The van der Waals surface area contributed by atoms with E-state index in [2.05, 4.69) is 0 Å². The van der Waals surface area contributed by atoms with E-state index in [1.807, 2.05) is 74.5 Å². The summed E-state index contributed by atoms with van der Waals surface area (Å²) < 4.78 is 6.77. The van der Waals surface area contributed by atoms with Gasteiger partial charge < -0.3 is 29.1 Å². The van der Waals surface area contributed by atoms with Crippen molar-refractivity contribution < 1.29 is 24.2 Å². The van der Waals surface area contributed by atoms with Crippen molar-refractivity contribution in [2.45, 2.75) is 64.0 Å². The van der Waals surface area contributed by atoms with Gasteiger partial charge in [0.15, 0.2) is 0 Å². The maximum atomic E-state index is 14.0. The number of aromatic nitrogens is 1. The molecule has 10 nitrogen and oxygen atoms in total. The Kier molecular flexibility index (Phi) is 11.1. The molecule has 2 aromatic carbocycles. The van der Waals surface area contributed by atoms with Gasteiger partial charge in [0, 0.05) is 63.5 Å². The molecular weight excluding hydrogens is 596 g/mol. The number of ether oxygens (including phenoxy) is 1. The Hall–Kier alpha value is -4.44. The van der Waals surface area contributed by atoms with E-state index >= 15 is 0 Å². The van der Waals surface area contributed by atoms with Gasteiger partial charge in [-0.1, -0.05) is 80.9 Å². The Labute approximate surface area is 276 Å². The minimum Gasteiger partial charge on any atom is -0.449 e. The number of hydrogen-bond acceptors (Lipinski definition) is 6. The molecule has 0 aliphatic carbocycles. The number of benzene rings is 2. The van der Waals surface area contributed by atoms with Gasteiger partial charge in [0.05, 0.1) is 24.3 Å². The number of pyridine rings is 1. The second-order valence-electron chi connectivity index (χ2n) is 12.8. The van der Waals surface area contributed by atoms with Gasteiger partial charge in [-0.2, -0.15) is 0 Å². The van der Waals surface area contributed by atoms with Crippen LogP contribution in [0.3, 0.4) is 0 Å². The molecule has 47 heavy (non-hydrogen) atoms. The lowest BCUT2D eigenvalue weighted by molar-refractivity contribution is -0.136. The fourth-order valence-corrected chi connectivity index (χ4v) is 6.32. The van der Waals surface area contributed by atoms with Crippen LogP contribution < -0.4 is 5.56 Å². The van der Waals surface area contributed by atoms with Crippen molar-refractivity contribution in [3.8, 4) is 11.1 Å². The minimum absolute atomic E-state index is 0.0149. The molecular formula is C37H46N4O6. The SMILES string of the molecule is CCCCOC(=O)N1CCN(C(=O)c2cn(CC3(O)CCN(C(=O)CC(C)c4ccccc4)CC3)c(=O)cc2-c2ccccc2)CC1. The summed E-state index contributed by atoms with van der Waals surface area (Å²) >= 11 is 0. The van der Waals surface area contributed by atoms with Crippen molar-refractivity contribution in [1.29, 1.82) is 0 Å². The lowest BCUT2D eigenvalue weighted by atomic mass is 9.90. The lowest BCUT2D eigenvalue weighted by Crippen LogP contribution is -2.51. The largest absolute Gasteiger partial charge is 0.449 e. The summed E-state index contributed by atoms with van der Waals surface area (Å²) in [6.07, 6.45) is 3.98. The van der Waals surface area contributed by atoms with Gasteiger partial charge in [-0.15, -0.1) is 0 Å². The monoisotopic (exact) mass is 642 g/mol. The highest BCUT2D eigenvalue weighted by molar-refractivity contribution is 6.00. The molecule has 3 heterocycles. The molecule has 2 aliphatic heterocycles. The van der Waals surface area contributed by atoms with E-state index in [9.17, 15) is 24.3 Å². The number of carbonyl (C=O) groups is 3. The molecule has 5 rings (SSSR count). The first-order valence-corrected chi connectivity index (χ1v) is 16.7. The summed E-state index contributed by atoms with van der Waals surface area (Å²) in [6, 6.07) is 20.7. The van der Waals surface area contributed by atoms with Crippen LogP contribution in [0.4, 0.5) is 4.79 Å². The van der Waals surface area contributed by atoms with Crippen LogP contribution in [0.5, 0.6) is 0 Å². The van der Waals surface area contributed by atoms with Crippen LogP contribution in [-0.2, 0) is 16.1 Å². The fraction of sp³-hybridized carbons (Fsp3) is 0.459. The Balaban J connectivity index is 1.28. The number of rotatable bonds is 10. The zero-order chi connectivity index (χ0) is 33.4. The molecule has 10 heteroatoms. The molecule has 3 amide bonds. The quantitative estimate of drug-likeness (QED) is 0.320. The van der Waals surface area contributed by atoms with E-state index in [0.717, 1.165) is 24.0 Å². The van der Waals surface area contributed by atoms with Crippen LogP contribution >= 0.6 is 0 Å². The number of likely N-dealkylation sites (tertiary alicyclic amines) is 1. The molecule has 1 atom stereocenters. The topological polar surface area (TPSA) is 112 Å². The number of piperidine rings is 1. The molecule has 2 fully saturated rings. The molecule has 1 N–H and O–H groups in total. The number of unbranched alkanes of at least 4 members (excludes halogenated alkanes) is 1. The third-order valence-electron chi connectivity index (χ3n) is 9.35. The van der Waals surface area contributed by atoms with Crippen LogP contribution in [0, 0.1) is 0 Å². The standard InChI is InChI=1S/C37H46N4O6/c1-3-4-23-47-36(45)40-21-19-39(20-22-40)35(44)32-26-41(34(43)25-31(32)30-13-9-6-10-14-30)27-37(46)15-17-38(18-16-37)33(42)24-28(2)29-11-7-5-8-12-29/h5-14,25-26,28,46H,3-4,15-24,27H2,1-2H3. The summed E-state index contributed by atoms with van der Waals surface area (Å²) in [5, 5.41) is 11.6. The molecule has 3 aromatic rings. The van der Waals surface area contributed by atoms with E-state index in [1.54, 1.807) is 20.9 Å².